The van der Waals surface area contributed by atoms with Crippen molar-refractivity contribution in [2.75, 3.05) is 9.96 Å². The molecule has 3 aromatic carbocycles. The molecule has 3 aromatic rings. The van der Waals surface area contributed by atoms with Gasteiger partial charge in [0, 0.05) is 0 Å². The smallest absolute Gasteiger partial charge is 0.266 e. The van der Waals surface area contributed by atoms with Crippen molar-refractivity contribution < 1.29 is 14.4 Å². The predicted octanol–water partition coefficient (Wildman–Crippen LogP) is 4.32. The van der Waals surface area contributed by atoms with E-state index >= 15 is 0 Å². The van der Waals surface area contributed by atoms with E-state index in [-0.39, 0.29) is 17.9 Å². The van der Waals surface area contributed by atoms with Crippen LogP contribution in [-0.2, 0) is 14.4 Å². The van der Waals surface area contributed by atoms with Crippen molar-refractivity contribution in [1.82, 2.24) is 0 Å². The number of imide groups is 1. The highest BCUT2D eigenvalue weighted by atomic mass is 16.7. The SMILES string of the molecule is CCC[C@H]1[C@@H]2C(=O)N(c3ccc4ccccc4c3)C(=O)[C@H]2ON1c1ccccc1. The number of hydroxylamine groups is 1. The fourth-order valence-corrected chi connectivity index (χ4v) is 4.48. The molecule has 0 unspecified atom stereocenters. The summed E-state index contributed by atoms with van der Waals surface area (Å²) in [6, 6.07) is 23.1. The third kappa shape index (κ3) is 2.81. The zero-order valence-electron chi connectivity index (χ0n) is 16.2. The number of amides is 2. The van der Waals surface area contributed by atoms with Gasteiger partial charge in [-0.15, -0.1) is 0 Å². The topological polar surface area (TPSA) is 49.9 Å². The van der Waals surface area contributed by atoms with Crippen LogP contribution in [0.3, 0.4) is 0 Å². The van der Waals surface area contributed by atoms with Crippen molar-refractivity contribution in [2.24, 2.45) is 5.92 Å². The van der Waals surface area contributed by atoms with Gasteiger partial charge in [0.2, 0.25) is 5.91 Å². The van der Waals surface area contributed by atoms with E-state index in [2.05, 4.69) is 6.92 Å². The number of para-hydroxylation sites is 1. The van der Waals surface area contributed by atoms with Crippen LogP contribution in [-0.4, -0.2) is 24.0 Å². The van der Waals surface area contributed by atoms with Crippen LogP contribution in [0.2, 0.25) is 0 Å². The third-order valence-corrected chi connectivity index (χ3v) is 5.82. The molecule has 0 radical (unpaired) electrons. The summed E-state index contributed by atoms with van der Waals surface area (Å²) in [6.07, 6.45) is 0.907. The van der Waals surface area contributed by atoms with E-state index in [1.54, 1.807) is 5.06 Å². The number of carbonyl (C=O) groups is 2. The Morgan fingerprint density at radius 2 is 1.55 bits per heavy atom. The Balaban J connectivity index is 1.51. The number of fused-ring (bicyclic) bond motifs is 2. The van der Waals surface area contributed by atoms with Gasteiger partial charge < -0.3 is 0 Å². The molecule has 5 rings (SSSR count). The maximum atomic E-state index is 13.4. The molecule has 29 heavy (non-hydrogen) atoms. The second-order valence-corrected chi connectivity index (χ2v) is 7.61. The van der Waals surface area contributed by atoms with Gasteiger partial charge in [0.05, 0.1) is 23.3 Å². The fourth-order valence-electron chi connectivity index (χ4n) is 4.48. The zero-order chi connectivity index (χ0) is 20.0. The summed E-state index contributed by atoms with van der Waals surface area (Å²) in [7, 11) is 0. The highest BCUT2D eigenvalue weighted by Crippen LogP contribution is 2.42. The molecule has 3 atom stereocenters. The van der Waals surface area contributed by atoms with Crippen molar-refractivity contribution in [3.8, 4) is 0 Å². The van der Waals surface area contributed by atoms with Gasteiger partial charge in [-0.2, -0.15) is 0 Å². The minimum atomic E-state index is -0.772. The van der Waals surface area contributed by atoms with Crippen molar-refractivity contribution >= 4 is 34.0 Å². The van der Waals surface area contributed by atoms with E-state index in [1.165, 1.54) is 4.90 Å². The molecule has 2 fully saturated rings. The first-order valence-electron chi connectivity index (χ1n) is 10.1. The maximum Gasteiger partial charge on any atom is 0.266 e. The molecule has 2 amide bonds. The number of hydrogen-bond acceptors (Lipinski definition) is 4. The second kappa shape index (κ2) is 7.01. The molecule has 5 nitrogen and oxygen atoms in total. The molecular weight excluding hydrogens is 364 g/mol. The van der Waals surface area contributed by atoms with Crippen LogP contribution in [0.15, 0.2) is 72.8 Å². The molecule has 146 valence electrons. The van der Waals surface area contributed by atoms with Gasteiger partial charge in [-0.3, -0.25) is 14.4 Å². The molecule has 2 heterocycles. The van der Waals surface area contributed by atoms with Gasteiger partial charge in [-0.1, -0.05) is 61.9 Å². The summed E-state index contributed by atoms with van der Waals surface area (Å²) in [5.74, 6) is -0.948. The van der Waals surface area contributed by atoms with Gasteiger partial charge in [0.25, 0.3) is 5.91 Å². The molecular formula is C24H22N2O3. The molecule has 5 heteroatoms. The second-order valence-electron chi connectivity index (χ2n) is 7.61. The third-order valence-electron chi connectivity index (χ3n) is 5.82. The lowest BCUT2D eigenvalue weighted by atomic mass is 9.93. The normalized spacial score (nSPS) is 23.8. The highest BCUT2D eigenvalue weighted by Gasteiger charge is 2.59. The summed E-state index contributed by atoms with van der Waals surface area (Å²) in [5.41, 5.74) is 1.48. The summed E-state index contributed by atoms with van der Waals surface area (Å²) in [4.78, 5) is 34.0. The highest BCUT2D eigenvalue weighted by molar-refractivity contribution is 6.24. The quantitative estimate of drug-likeness (QED) is 0.627. The largest absolute Gasteiger partial charge is 0.273 e. The molecule has 0 aliphatic carbocycles. The standard InChI is InChI=1S/C24H22N2O3/c1-2-8-20-21-22(29-26(20)18-11-4-3-5-12-18)24(28)25(23(21)27)19-14-13-16-9-6-7-10-17(16)15-19/h3-7,9-15,20-22H,2,8H2,1H3/t20-,21-,22-/m0/s1. The van der Waals surface area contributed by atoms with Gasteiger partial charge in [-0.25, -0.2) is 9.96 Å². The maximum absolute atomic E-state index is 13.4. The monoisotopic (exact) mass is 386 g/mol. The minimum Gasteiger partial charge on any atom is -0.273 e. The molecule has 0 bridgehead atoms. The summed E-state index contributed by atoms with van der Waals surface area (Å²) < 4.78 is 0. The number of nitrogens with zero attached hydrogens (tertiary/aromatic N) is 2. The Bertz CT molecular complexity index is 1080. The van der Waals surface area contributed by atoms with Gasteiger partial charge in [-0.05, 0) is 41.5 Å². The summed E-state index contributed by atoms with van der Waals surface area (Å²) in [6.45, 7) is 2.08. The lowest BCUT2D eigenvalue weighted by Crippen LogP contribution is -2.40. The Labute approximate surface area is 169 Å². The van der Waals surface area contributed by atoms with Crippen LogP contribution in [0.1, 0.15) is 19.8 Å². The van der Waals surface area contributed by atoms with Crippen LogP contribution < -0.4 is 9.96 Å². The van der Waals surface area contributed by atoms with E-state index in [9.17, 15) is 9.59 Å². The van der Waals surface area contributed by atoms with E-state index in [4.69, 9.17) is 4.84 Å². The zero-order valence-corrected chi connectivity index (χ0v) is 16.2. The van der Waals surface area contributed by atoms with Crippen LogP contribution in [0.4, 0.5) is 11.4 Å². The molecule has 0 spiro atoms. The summed E-state index contributed by atoms with van der Waals surface area (Å²) in [5, 5.41) is 3.84. The number of hydrogen-bond donors (Lipinski definition) is 0. The number of anilines is 2. The van der Waals surface area contributed by atoms with Gasteiger partial charge in [0.1, 0.15) is 0 Å². The van der Waals surface area contributed by atoms with Crippen molar-refractivity contribution in [1.29, 1.82) is 0 Å². The van der Waals surface area contributed by atoms with Crippen molar-refractivity contribution in [3.63, 3.8) is 0 Å². The molecule has 2 aliphatic heterocycles. The number of rotatable bonds is 4. The Hall–Kier alpha value is -3.18. The Morgan fingerprint density at radius 3 is 2.31 bits per heavy atom. The molecule has 2 saturated heterocycles. The summed E-state index contributed by atoms with van der Waals surface area (Å²) >= 11 is 0. The number of benzene rings is 3. The van der Waals surface area contributed by atoms with E-state index in [0.717, 1.165) is 29.3 Å². The predicted molar refractivity (Wildman–Crippen MR) is 112 cm³/mol. The first-order valence-corrected chi connectivity index (χ1v) is 10.1. The first kappa shape index (κ1) is 17.9. The van der Waals surface area contributed by atoms with Crippen LogP contribution in [0, 0.1) is 5.92 Å². The van der Waals surface area contributed by atoms with Gasteiger partial charge >= 0.3 is 0 Å². The van der Waals surface area contributed by atoms with E-state index in [0.29, 0.717) is 5.69 Å². The Morgan fingerprint density at radius 1 is 0.828 bits per heavy atom. The molecule has 0 aromatic heterocycles. The van der Waals surface area contributed by atoms with E-state index in [1.807, 2.05) is 72.8 Å². The van der Waals surface area contributed by atoms with E-state index < -0.39 is 12.0 Å². The lowest BCUT2D eigenvalue weighted by Gasteiger charge is -2.28. The average molecular weight is 386 g/mol. The molecule has 0 N–H and O–H groups in total. The minimum absolute atomic E-state index is 0.158. The average Bonchev–Trinajstić information content (AvgIpc) is 3.24. The fraction of sp³-hybridized carbons (Fsp3) is 0.250. The van der Waals surface area contributed by atoms with Crippen molar-refractivity contribution in [3.05, 3.63) is 72.8 Å². The molecule has 2 aliphatic rings. The number of carbonyl (C=O) groups excluding carboxylic acids is 2. The van der Waals surface area contributed by atoms with Crippen LogP contribution in [0.25, 0.3) is 10.8 Å². The van der Waals surface area contributed by atoms with Crippen molar-refractivity contribution in [2.45, 2.75) is 31.9 Å². The first-order chi connectivity index (χ1) is 14.2. The van der Waals surface area contributed by atoms with Gasteiger partial charge in [0.15, 0.2) is 6.10 Å². The van der Waals surface area contributed by atoms with Crippen LogP contribution >= 0.6 is 0 Å². The molecule has 0 saturated carbocycles. The Kier molecular flexibility index (Phi) is 4.32. The van der Waals surface area contributed by atoms with Crippen LogP contribution in [0.5, 0.6) is 0 Å². The lowest BCUT2D eigenvalue weighted by molar-refractivity contribution is -0.126.